The lowest BCUT2D eigenvalue weighted by atomic mass is 10.2. The molecule has 0 aliphatic heterocycles. The molecule has 2 rings (SSSR count). The Morgan fingerprint density at radius 2 is 1.84 bits per heavy atom. The van der Waals surface area contributed by atoms with Crippen LogP contribution >= 0.6 is 27.3 Å². The zero-order chi connectivity index (χ0) is 13.5. The number of benzene rings is 1. The van der Waals surface area contributed by atoms with E-state index in [0.29, 0.717) is 0 Å². The van der Waals surface area contributed by atoms with Crippen LogP contribution in [0.3, 0.4) is 0 Å². The average Bonchev–Trinajstić information content (AvgIpc) is 2.86. The molecule has 3 nitrogen and oxygen atoms in total. The Kier molecular flexibility index (Phi) is 5.42. The molecule has 0 fully saturated rings. The first-order chi connectivity index (χ1) is 9.28. The summed E-state index contributed by atoms with van der Waals surface area (Å²) in [6, 6.07) is 14.4. The van der Waals surface area contributed by atoms with E-state index in [-0.39, 0.29) is 0 Å². The molecule has 0 unspecified atom stereocenters. The second kappa shape index (κ2) is 7.31. The highest BCUT2D eigenvalue weighted by Gasteiger charge is 2.00. The normalized spacial score (nSPS) is 11.4. The van der Waals surface area contributed by atoms with Gasteiger partial charge < -0.3 is 10.6 Å². The van der Waals surface area contributed by atoms with E-state index in [0.717, 1.165) is 22.8 Å². The van der Waals surface area contributed by atoms with Gasteiger partial charge in [0.2, 0.25) is 0 Å². The molecule has 19 heavy (non-hydrogen) atoms. The lowest BCUT2D eigenvalue weighted by molar-refractivity contribution is 0.815. The Labute approximate surface area is 125 Å². The molecular formula is C14H16BrN3S. The van der Waals surface area contributed by atoms with Gasteiger partial charge in [0.25, 0.3) is 0 Å². The lowest BCUT2D eigenvalue weighted by Gasteiger charge is -2.11. The fourth-order valence-electron chi connectivity index (χ4n) is 1.62. The van der Waals surface area contributed by atoms with Crippen molar-refractivity contribution >= 4 is 33.2 Å². The van der Waals surface area contributed by atoms with Crippen LogP contribution in [0.5, 0.6) is 0 Å². The Balaban J connectivity index is 1.81. The van der Waals surface area contributed by atoms with E-state index in [9.17, 15) is 0 Å². The molecule has 1 aromatic heterocycles. The van der Waals surface area contributed by atoms with Gasteiger partial charge in [-0.25, -0.2) is 0 Å². The SMILES string of the molecule is CN=C(NCc1ccccc1)NCc1ccc(Br)s1. The number of hydrogen-bond donors (Lipinski definition) is 2. The van der Waals surface area contributed by atoms with Crippen molar-refractivity contribution in [3.05, 3.63) is 56.7 Å². The van der Waals surface area contributed by atoms with Crippen LogP contribution in [0.15, 0.2) is 51.2 Å². The highest BCUT2D eigenvalue weighted by atomic mass is 79.9. The second-order valence-corrected chi connectivity index (χ2v) is 6.52. The van der Waals surface area contributed by atoms with Gasteiger partial charge in [0, 0.05) is 18.5 Å². The molecular weight excluding hydrogens is 322 g/mol. The predicted molar refractivity (Wildman–Crippen MR) is 85.5 cm³/mol. The number of halogens is 1. The van der Waals surface area contributed by atoms with E-state index in [1.165, 1.54) is 10.4 Å². The third kappa shape index (κ3) is 4.69. The van der Waals surface area contributed by atoms with Gasteiger partial charge in [-0.15, -0.1) is 11.3 Å². The zero-order valence-corrected chi connectivity index (χ0v) is 13.1. The van der Waals surface area contributed by atoms with Gasteiger partial charge in [-0.3, -0.25) is 4.99 Å². The Hall–Kier alpha value is -1.33. The highest BCUT2D eigenvalue weighted by molar-refractivity contribution is 9.11. The molecule has 0 amide bonds. The summed E-state index contributed by atoms with van der Waals surface area (Å²) in [7, 11) is 1.78. The zero-order valence-electron chi connectivity index (χ0n) is 10.7. The number of nitrogens with one attached hydrogen (secondary N) is 2. The van der Waals surface area contributed by atoms with E-state index >= 15 is 0 Å². The number of thiophene rings is 1. The molecule has 0 saturated heterocycles. The summed E-state index contributed by atoms with van der Waals surface area (Å²) < 4.78 is 1.15. The monoisotopic (exact) mass is 337 g/mol. The molecule has 0 bridgehead atoms. The first-order valence-corrected chi connectivity index (χ1v) is 7.61. The third-order valence-corrected chi connectivity index (χ3v) is 4.21. The van der Waals surface area contributed by atoms with Crippen molar-refractivity contribution < 1.29 is 0 Å². The van der Waals surface area contributed by atoms with Gasteiger partial charge in [-0.2, -0.15) is 0 Å². The summed E-state index contributed by atoms with van der Waals surface area (Å²) >= 11 is 5.19. The van der Waals surface area contributed by atoms with Gasteiger partial charge in [0.05, 0.1) is 10.3 Å². The minimum absolute atomic E-state index is 0.772. The molecule has 0 atom stereocenters. The summed E-state index contributed by atoms with van der Waals surface area (Å²) in [5.74, 6) is 0.813. The van der Waals surface area contributed by atoms with Gasteiger partial charge in [-0.1, -0.05) is 30.3 Å². The molecule has 0 aliphatic carbocycles. The molecule has 2 N–H and O–H groups in total. The summed E-state index contributed by atoms with van der Waals surface area (Å²) in [5.41, 5.74) is 1.24. The topological polar surface area (TPSA) is 36.4 Å². The lowest BCUT2D eigenvalue weighted by Crippen LogP contribution is -2.36. The minimum Gasteiger partial charge on any atom is -0.352 e. The maximum absolute atomic E-state index is 4.21. The fraction of sp³-hybridized carbons (Fsp3) is 0.214. The van der Waals surface area contributed by atoms with Gasteiger partial charge in [0.15, 0.2) is 5.96 Å². The third-order valence-electron chi connectivity index (χ3n) is 2.59. The second-order valence-electron chi connectivity index (χ2n) is 3.97. The number of guanidine groups is 1. The molecule has 2 aromatic rings. The summed E-state index contributed by atoms with van der Waals surface area (Å²) in [6.07, 6.45) is 0. The fourth-order valence-corrected chi connectivity index (χ4v) is 3.04. The number of rotatable bonds is 4. The standard InChI is InChI=1S/C14H16BrN3S/c1-16-14(17-9-11-5-3-2-4-6-11)18-10-12-7-8-13(15)19-12/h2-8H,9-10H2,1H3,(H2,16,17,18). The number of aliphatic imine (C=N–C) groups is 1. The van der Waals surface area contributed by atoms with Gasteiger partial charge in [0.1, 0.15) is 0 Å². The number of hydrogen-bond acceptors (Lipinski definition) is 2. The highest BCUT2D eigenvalue weighted by Crippen LogP contribution is 2.21. The Morgan fingerprint density at radius 3 is 2.47 bits per heavy atom. The van der Waals surface area contributed by atoms with E-state index < -0.39 is 0 Å². The Morgan fingerprint density at radius 1 is 1.11 bits per heavy atom. The molecule has 100 valence electrons. The van der Waals surface area contributed by atoms with E-state index in [1.807, 2.05) is 18.2 Å². The number of nitrogens with zero attached hydrogens (tertiary/aromatic N) is 1. The minimum atomic E-state index is 0.772. The van der Waals surface area contributed by atoms with Crippen molar-refractivity contribution in [2.75, 3.05) is 7.05 Å². The van der Waals surface area contributed by atoms with Crippen LogP contribution in [0.25, 0.3) is 0 Å². The van der Waals surface area contributed by atoms with Crippen LogP contribution in [-0.2, 0) is 13.1 Å². The van der Waals surface area contributed by atoms with Crippen molar-refractivity contribution in [3.8, 4) is 0 Å². The molecule has 0 saturated carbocycles. The molecule has 1 heterocycles. The van der Waals surface area contributed by atoms with E-state index in [2.05, 4.69) is 55.8 Å². The van der Waals surface area contributed by atoms with Crippen molar-refractivity contribution in [3.63, 3.8) is 0 Å². The first-order valence-electron chi connectivity index (χ1n) is 6.00. The van der Waals surface area contributed by atoms with Crippen LogP contribution in [0.1, 0.15) is 10.4 Å². The smallest absolute Gasteiger partial charge is 0.191 e. The van der Waals surface area contributed by atoms with Crippen LogP contribution in [0.4, 0.5) is 0 Å². The summed E-state index contributed by atoms with van der Waals surface area (Å²) in [5, 5.41) is 6.59. The van der Waals surface area contributed by atoms with Crippen LogP contribution < -0.4 is 10.6 Å². The molecule has 1 aromatic carbocycles. The molecule has 5 heteroatoms. The van der Waals surface area contributed by atoms with Gasteiger partial charge >= 0.3 is 0 Å². The average molecular weight is 338 g/mol. The Bertz CT molecular complexity index is 537. The van der Waals surface area contributed by atoms with Crippen molar-refractivity contribution in [2.45, 2.75) is 13.1 Å². The maximum Gasteiger partial charge on any atom is 0.191 e. The van der Waals surface area contributed by atoms with E-state index in [4.69, 9.17) is 0 Å². The van der Waals surface area contributed by atoms with Crippen LogP contribution in [-0.4, -0.2) is 13.0 Å². The van der Waals surface area contributed by atoms with Crippen LogP contribution in [0, 0.1) is 0 Å². The molecule has 0 radical (unpaired) electrons. The van der Waals surface area contributed by atoms with E-state index in [1.54, 1.807) is 18.4 Å². The predicted octanol–water partition coefficient (Wildman–Crippen LogP) is 3.38. The van der Waals surface area contributed by atoms with Crippen LogP contribution in [0.2, 0.25) is 0 Å². The first kappa shape index (κ1) is 14.1. The van der Waals surface area contributed by atoms with Crippen molar-refractivity contribution in [2.24, 2.45) is 4.99 Å². The summed E-state index contributed by atoms with van der Waals surface area (Å²) in [6.45, 7) is 1.55. The van der Waals surface area contributed by atoms with Crippen molar-refractivity contribution in [1.29, 1.82) is 0 Å². The van der Waals surface area contributed by atoms with Gasteiger partial charge in [-0.05, 0) is 33.6 Å². The quantitative estimate of drug-likeness (QED) is 0.662. The molecule has 0 spiro atoms. The largest absolute Gasteiger partial charge is 0.352 e. The summed E-state index contributed by atoms with van der Waals surface area (Å²) in [4.78, 5) is 5.49. The maximum atomic E-state index is 4.21. The molecule has 0 aliphatic rings. The van der Waals surface area contributed by atoms with Crippen molar-refractivity contribution in [1.82, 2.24) is 10.6 Å².